The number of fused-ring (bicyclic) bond motifs is 1. The molecule has 0 bridgehead atoms. The number of nitrogens with zero attached hydrogens (tertiary/aromatic N) is 4. The highest BCUT2D eigenvalue weighted by Gasteiger charge is 2.50. The minimum atomic E-state index is -0.341. The molecule has 2 fully saturated rings. The molecule has 2 aliphatic heterocycles. The predicted molar refractivity (Wildman–Crippen MR) is 112 cm³/mol. The first-order valence-corrected chi connectivity index (χ1v) is 10.2. The van der Waals surface area contributed by atoms with Gasteiger partial charge in [0.15, 0.2) is 0 Å². The van der Waals surface area contributed by atoms with Crippen LogP contribution in [0.25, 0.3) is 0 Å². The molecule has 2 saturated heterocycles. The molecule has 11 heteroatoms. The second kappa shape index (κ2) is 8.81. The van der Waals surface area contributed by atoms with Gasteiger partial charge < -0.3 is 29.6 Å². The highest BCUT2D eigenvalue weighted by molar-refractivity contribution is 5.89. The molecule has 11 nitrogen and oxygen atoms in total. The van der Waals surface area contributed by atoms with Crippen LogP contribution in [0.15, 0.2) is 54.6 Å². The average Bonchev–Trinajstić information content (AvgIpc) is 3.53. The quantitative estimate of drug-likeness (QED) is 0.599. The van der Waals surface area contributed by atoms with E-state index in [1.54, 1.807) is 36.1 Å². The second-order valence-corrected chi connectivity index (χ2v) is 7.42. The largest absolute Gasteiger partial charge is 0.497 e. The lowest BCUT2D eigenvalue weighted by molar-refractivity contribution is 0.0613. The number of rotatable bonds is 6. The number of carbonyl (C=O) groups excluding carboxylic acids is 1. The zero-order valence-electron chi connectivity index (χ0n) is 17.2. The third-order valence-electron chi connectivity index (χ3n) is 5.42. The van der Waals surface area contributed by atoms with Crippen molar-refractivity contribution in [3.05, 3.63) is 54.6 Å². The Hall–Kier alpha value is -3.70. The van der Waals surface area contributed by atoms with Crippen molar-refractivity contribution in [2.24, 2.45) is 0 Å². The van der Waals surface area contributed by atoms with E-state index in [4.69, 9.17) is 18.9 Å². The molecule has 166 valence electrons. The number of ether oxygens (including phenoxy) is 4. The van der Waals surface area contributed by atoms with E-state index in [1.807, 2.05) is 30.3 Å². The summed E-state index contributed by atoms with van der Waals surface area (Å²) in [6.45, 7) is 0.655. The smallest absolute Gasteiger partial charge is 0.341 e. The molecule has 0 spiro atoms. The standard InChI is InChI=1S/C21H22N6O5/c1-29-14-9-7-13(8-10-14)22-20(28)23-16-11-30-19-17(12-31-18(16)19)27-21(24-25-26-27)32-15-5-3-2-4-6-15/h2-10,16-19H,11-12H2,1H3,(H2,22,23,28)/t16-,17-,18+,19+/m0/s1. The number of hydrogen-bond acceptors (Lipinski definition) is 8. The highest BCUT2D eigenvalue weighted by atomic mass is 16.6. The van der Waals surface area contributed by atoms with Gasteiger partial charge in [0.1, 0.15) is 29.7 Å². The van der Waals surface area contributed by atoms with Gasteiger partial charge in [-0.05, 0) is 46.8 Å². The van der Waals surface area contributed by atoms with Crippen LogP contribution in [0.4, 0.5) is 10.5 Å². The third kappa shape index (κ3) is 4.07. The number of anilines is 1. The van der Waals surface area contributed by atoms with E-state index in [0.717, 1.165) is 0 Å². The molecule has 2 aromatic carbocycles. The van der Waals surface area contributed by atoms with E-state index in [9.17, 15) is 4.79 Å². The van der Waals surface area contributed by atoms with Gasteiger partial charge in [-0.3, -0.25) is 0 Å². The Morgan fingerprint density at radius 1 is 1.03 bits per heavy atom. The van der Waals surface area contributed by atoms with Crippen molar-refractivity contribution in [1.29, 1.82) is 0 Å². The number of nitrogens with one attached hydrogen (secondary N) is 2. The third-order valence-corrected chi connectivity index (χ3v) is 5.42. The molecular formula is C21H22N6O5. The summed E-state index contributed by atoms with van der Waals surface area (Å²) in [5.41, 5.74) is 0.653. The maximum atomic E-state index is 12.5. The monoisotopic (exact) mass is 438 g/mol. The molecule has 2 amide bonds. The van der Waals surface area contributed by atoms with Crippen molar-refractivity contribution in [1.82, 2.24) is 25.5 Å². The summed E-state index contributed by atoms with van der Waals surface area (Å²) in [6.07, 6.45) is -0.640. The first kappa shape index (κ1) is 20.2. The van der Waals surface area contributed by atoms with Crippen molar-refractivity contribution in [2.45, 2.75) is 24.3 Å². The van der Waals surface area contributed by atoms with Gasteiger partial charge in [-0.1, -0.05) is 23.3 Å². The second-order valence-electron chi connectivity index (χ2n) is 7.42. The molecule has 0 radical (unpaired) electrons. The van der Waals surface area contributed by atoms with Crippen LogP contribution in [0.2, 0.25) is 0 Å². The molecule has 3 aromatic rings. The van der Waals surface area contributed by atoms with Crippen molar-refractivity contribution in [3.8, 4) is 17.5 Å². The molecule has 2 N–H and O–H groups in total. The van der Waals surface area contributed by atoms with E-state index in [2.05, 4.69) is 26.2 Å². The fourth-order valence-corrected chi connectivity index (χ4v) is 3.88. The van der Waals surface area contributed by atoms with Gasteiger partial charge in [0.05, 0.1) is 26.4 Å². The van der Waals surface area contributed by atoms with Gasteiger partial charge in [0, 0.05) is 5.69 Å². The molecule has 3 heterocycles. The zero-order chi connectivity index (χ0) is 21.9. The lowest BCUT2D eigenvalue weighted by atomic mass is 10.1. The lowest BCUT2D eigenvalue weighted by Gasteiger charge is -2.18. The summed E-state index contributed by atoms with van der Waals surface area (Å²) in [5.74, 6) is 1.34. The Morgan fingerprint density at radius 2 is 1.81 bits per heavy atom. The number of tetrazole rings is 1. The normalized spacial score (nSPS) is 24.0. The van der Waals surface area contributed by atoms with Crippen LogP contribution < -0.4 is 20.1 Å². The Kier molecular flexibility index (Phi) is 5.57. The highest BCUT2D eigenvalue weighted by Crippen LogP contribution is 2.36. The van der Waals surface area contributed by atoms with Gasteiger partial charge in [-0.15, -0.1) is 0 Å². The average molecular weight is 438 g/mol. The minimum absolute atomic E-state index is 0.253. The fourth-order valence-electron chi connectivity index (χ4n) is 3.88. The number of benzene rings is 2. The molecule has 2 aliphatic rings. The Morgan fingerprint density at radius 3 is 2.59 bits per heavy atom. The van der Waals surface area contributed by atoms with Crippen LogP contribution >= 0.6 is 0 Å². The number of carbonyl (C=O) groups is 1. The van der Waals surface area contributed by atoms with Crippen LogP contribution in [0.3, 0.4) is 0 Å². The minimum Gasteiger partial charge on any atom is -0.497 e. The van der Waals surface area contributed by atoms with Crippen molar-refractivity contribution >= 4 is 11.7 Å². The van der Waals surface area contributed by atoms with Gasteiger partial charge >= 0.3 is 12.0 Å². The van der Waals surface area contributed by atoms with Gasteiger partial charge in [0.25, 0.3) is 0 Å². The van der Waals surface area contributed by atoms with Gasteiger partial charge in [-0.2, -0.15) is 4.68 Å². The van der Waals surface area contributed by atoms with Crippen molar-refractivity contribution in [2.75, 3.05) is 25.6 Å². The molecule has 1 aromatic heterocycles. The Balaban J connectivity index is 1.21. The summed E-state index contributed by atoms with van der Waals surface area (Å²) >= 11 is 0. The molecule has 0 aliphatic carbocycles. The SMILES string of the molecule is COc1ccc(NC(=O)N[C@H]2CO[C@H]3[C@@H]2OC[C@@H]3n2nnnc2Oc2ccccc2)cc1. The van der Waals surface area contributed by atoms with Crippen LogP contribution in [0, 0.1) is 0 Å². The van der Waals surface area contributed by atoms with E-state index in [-0.39, 0.29) is 36.3 Å². The first-order valence-electron chi connectivity index (χ1n) is 10.2. The van der Waals surface area contributed by atoms with Crippen LogP contribution in [0.1, 0.15) is 6.04 Å². The molecule has 32 heavy (non-hydrogen) atoms. The lowest BCUT2D eigenvalue weighted by Crippen LogP contribution is -2.45. The molecule has 0 unspecified atom stereocenters. The number of amides is 2. The fraction of sp³-hybridized carbons (Fsp3) is 0.333. The first-order chi connectivity index (χ1) is 15.7. The molecule has 5 rings (SSSR count). The Labute approximate surface area is 183 Å². The number of methoxy groups -OCH3 is 1. The van der Waals surface area contributed by atoms with Gasteiger partial charge in [0.2, 0.25) is 0 Å². The molecular weight excluding hydrogens is 416 g/mol. The van der Waals surface area contributed by atoms with Crippen LogP contribution in [-0.2, 0) is 9.47 Å². The summed E-state index contributed by atoms with van der Waals surface area (Å²) < 4.78 is 24.4. The maximum Gasteiger partial charge on any atom is 0.341 e. The number of aromatic nitrogens is 4. The number of urea groups is 1. The summed E-state index contributed by atoms with van der Waals surface area (Å²) in [6, 6.07) is 15.7. The van der Waals surface area contributed by atoms with Crippen molar-refractivity contribution in [3.63, 3.8) is 0 Å². The van der Waals surface area contributed by atoms with E-state index < -0.39 is 0 Å². The Bertz CT molecular complexity index is 1060. The topological polar surface area (TPSA) is 122 Å². The van der Waals surface area contributed by atoms with E-state index in [0.29, 0.717) is 30.4 Å². The van der Waals surface area contributed by atoms with E-state index >= 15 is 0 Å². The maximum absolute atomic E-state index is 12.5. The van der Waals surface area contributed by atoms with Crippen LogP contribution in [-0.4, -0.2) is 64.8 Å². The number of hydrogen-bond donors (Lipinski definition) is 2. The van der Waals surface area contributed by atoms with Gasteiger partial charge in [-0.25, -0.2) is 4.79 Å². The predicted octanol–water partition coefficient (Wildman–Crippen LogP) is 2.00. The van der Waals surface area contributed by atoms with Crippen LogP contribution in [0.5, 0.6) is 17.5 Å². The summed E-state index contributed by atoms with van der Waals surface area (Å²) in [4.78, 5) is 12.5. The number of para-hydroxylation sites is 1. The molecule has 0 saturated carbocycles. The summed E-state index contributed by atoms with van der Waals surface area (Å²) in [5, 5.41) is 17.5. The summed E-state index contributed by atoms with van der Waals surface area (Å²) in [7, 11) is 1.59. The zero-order valence-corrected chi connectivity index (χ0v) is 17.2. The van der Waals surface area contributed by atoms with E-state index in [1.165, 1.54) is 0 Å². The van der Waals surface area contributed by atoms with Crippen molar-refractivity contribution < 1.29 is 23.7 Å². The molecule has 4 atom stereocenters.